The largest absolute Gasteiger partial charge is 0.449 e. The molecule has 1 amide bonds. The lowest BCUT2D eigenvalue weighted by Crippen LogP contribution is -2.35. The van der Waals surface area contributed by atoms with E-state index < -0.39 is 0 Å². The van der Waals surface area contributed by atoms with Gasteiger partial charge in [-0.25, -0.2) is 4.79 Å². The zero-order chi connectivity index (χ0) is 9.97. The minimum atomic E-state index is -0.360. The van der Waals surface area contributed by atoms with Crippen molar-refractivity contribution in [2.45, 2.75) is 12.5 Å². The molecule has 1 saturated heterocycles. The number of alkyl carbamates (subject to hydrolysis) is 1. The van der Waals surface area contributed by atoms with Crippen molar-refractivity contribution in [1.82, 2.24) is 10.3 Å². The molecule has 1 aliphatic heterocycles. The number of halogens is 1. The Hall–Kier alpha value is -1.10. The summed E-state index contributed by atoms with van der Waals surface area (Å²) < 4.78 is 5.69. The first-order valence-corrected chi connectivity index (χ1v) is 5.09. The van der Waals surface area contributed by atoms with Crippen LogP contribution in [0.3, 0.4) is 0 Å². The van der Waals surface area contributed by atoms with E-state index in [0.29, 0.717) is 6.61 Å². The van der Waals surface area contributed by atoms with Crippen LogP contribution in [-0.4, -0.2) is 17.7 Å². The number of nitrogens with one attached hydrogen (secondary N) is 1. The van der Waals surface area contributed by atoms with Gasteiger partial charge in [0.05, 0.1) is 12.6 Å². The molecule has 1 fully saturated rings. The van der Waals surface area contributed by atoms with Crippen molar-refractivity contribution in [2.24, 2.45) is 0 Å². The number of hydrogen-bond donors (Lipinski definition) is 1. The molecule has 1 aromatic heterocycles. The molecule has 1 N–H and O–H groups in total. The van der Waals surface area contributed by atoms with Gasteiger partial charge in [-0.1, -0.05) is 0 Å². The maximum atomic E-state index is 11.0. The molecule has 0 spiro atoms. The lowest BCUT2D eigenvalue weighted by atomic mass is 10.1. The number of pyridine rings is 1. The van der Waals surface area contributed by atoms with Gasteiger partial charge in [0.2, 0.25) is 0 Å². The summed E-state index contributed by atoms with van der Waals surface area (Å²) in [7, 11) is 0. The van der Waals surface area contributed by atoms with Gasteiger partial charge >= 0.3 is 6.09 Å². The standard InChI is InChI=1S/C9H9BrN2O2/c10-7-3-6(4-11-5-7)8-1-2-14-9(13)12-8/h3-5,8H,1-2H2,(H,12,13)/t8-/m0/s1. The summed E-state index contributed by atoms with van der Waals surface area (Å²) in [6.45, 7) is 0.461. The van der Waals surface area contributed by atoms with E-state index in [2.05, 4.69) is 26.2 Å². The van der Waals surface area contributed by atoms with Crippen LogP contribution in [0.5, 0.6) is 0 Å². The smallest absolute Gasteiger partial charge is 0.407 e. The average molecular weight is 257 g/mol. The van der Waals surface area contributed by atoms with Crippen LogP contribution in [0.15, 0.2) is 22.9 Å². The molecule has 2 heterocycles. The van der Waals surface area contributed by atoms with Gasteiger partial charge in [0, 0.05) is 23.3 Å². The number of cyclic esters (lactones) is 1. The summed E-state index contributed by atoms with van der Waals surface area (Å²) in [6.07, 6.45) is 3.89. The van der Waals surface area contributed by atoms with Crippen LogP contribution in [0.2, 0.25) is 0 Å². The van der Waals surface area contributed by atoms with Crippen molar-refractivity contribution < 1.29 is 9.53 Å². The third-order valence-corrected chi connectivity index (χ3v) is 2.49. The van der Waals surface area contributed by atoms with Crippen molar-refractivity contribution >= 4 is 22.0 Å². The van der Waals surface area contributed by atoms with Crippen LogP contribution < -0.4 is 5.32 Å². The molecule has 0 unspecified atom stereocenters. The molecule has 14 heavy (non-hydrogen) atoms. The van der Waals surface area contributed by atoms with E-state index in [9.17, 15) is 4.79 Å². The molecular weight excluding hydrogens is 248 g/mol. The molecular formula is C9H9BrN2O2. The monoisotopic (exact) mass is 256 g/mol. The molecule has 0 saturated carbocycles. The summed E-state index contributed by atoms with van der Waals surface area (Å²) >= 11 is 3.34. The van der Waals surface area contributed by atoms with Gasteiger partial charge in [-0.15, -0.1) is 0 Å². The van der Waals surface area contributed by atoms with Gasteiger partial charge in [-0.3, -0.25) is 4.98 Å². The number of ether oxygens (including phenoxy) is 1. The van der Waals surface area contributed by atoms with Crippen LogP contribution in [0.4, 0.5) is 4.79 Å². The first-order chi connectivity index (χ1) is 6.75. The van der Waals surface area contributed by atoms with Crippen LogP contribution in [0.25, 0.3) is 0 Å². The predicted molar refractivity (Wildman–Crippen MR) is 53.8 cm³/mol. The highest BCUT2D eigenvalue weighted by Gasteiger charge is 2.20. The zero-order valence-corrected chi connectivity index (χ0v) is 8.95. The first-order valence-electron chi connectivity index (χ1n) is 4.29. The molecule has 1 aromatic rings. The third-order valence-electron chi connectivity index (χ3n) is 2.06. The van der Waals surface area contributed by atoms with E-state index in [1.807, 2.05) is 6.07 Å². The average Bonchev–Trinajstić information content (AvgIpc) is 2.18. The molecule has 0 aliphatic carbocycles. The Labute approximate surface area is 89.8 Å². The maximum absolute atomic E-state index is 11.0. The minimum Gasteiger partial charge on any atom is -0.449 e. The zero-order valence-electron chi connectivity index (χ0n) is 7.37. The fourth-order valence-corrected chi connectivity index (χ4v) is 1.78. The number of carbonyl (C=O) groups is 1. The fourth-order valence-electron chi connectivity index (χ4n) is 1.39. The topological polar surface area (TPSA) is 51.2 Å². The van der Waals surface area contributed by atoms with Gasteiger partial charge < -0.3 is 10.1 Å². The molecule has 0 aromatic carbocycles. The normalized spacial score (nSPS) is 21.2. The van der Waals surface area contributed by atoms with E-state index in [1.54, 1.807) is 12.4 Å². The predicted octanol–water partition coefficient (Wildman–Crippen LogP) is 2.02. The molecule has 0 bridgehead atoms. The van der Waals surface area contributed by atoms with Crippen molar-refractivity contribution in [3.05, 3.63) is 28.5 Å². The summed E-state index contributed by atoms with van der Waals surface area (Å²) in [5, 5.41) is 2.74. The van der Waals surface area contributed by atoms with E-state index >= 15 is 0 Å². The molecule has 1 atom stereocenters. The Kier molecular flexibility index (Phi) is 2.67. The molecule has 5 heteroatoms. The number of amides is 1. The second-order valence-corrected chi connectivity index (χ2v) is 3.97. The van der Waals surface area contributed by atoms with Gasteiger partial charge in [-0.05, 0) is 27.6 Å². The van der Waals surface area contributed by atoms with Crippen molar-refractivity contribution in [3.63, 3.8) is 0 Å². The summed E-state index contributed by atoms with van der Waals surface area (Å²) in [5.74, 6) is 0. The number of rotatable bonds is 1. The highest BCUT2D eigenvalue weighted by atomic mass is 79.9. The Morgan fingerprint density at radius 3 is 3.14 bits per heavy atom. The van der Waals surface area contributed by atoms with Crippen LogP contribution in [0, 0.1) is 0 Å². The van der Waals surface area contributed by atoms with E-state index in [0.717, 1.165) is 16.5 Å². The summed E-state index contributed by atoms with van der Waals surface area (Å²) in [6, 6.07) is 1.96. The molecule has 1 aliphatic rings. The first kappa shape index (κ1) is 9.45. The second-order valence-electron chi connectivity index (χ2n) is 3.06. The Morgan fingerprint density at radius 2 is 2.43 bits per heavy atom. The van der Waals surface area contributed by atoms with Crippen molar-refractivity contribution in [3.8, 4) is 0 Å². The van der Waals surface area contributed by atoms with E-state index in [4.69, 9.17) is 4.74 Å². The lowest BCUT2D eigenvalue weighted by molar-refractivity contribution is 0.115. The Balaban J connectivity index is 2.17. The van der Waals surface area contributed by atoms with Gasteiger partial charge in [0.25, 0.3) is 0 Å². The number of nitrogens with zero attached hydrogens (tertiary/aromatic N) is 1. The molecule has 4 nitrogen and oxygen atoms in total. The van der Waals surface area contributed by atoms with Crippen LogP contribution in [0.1, 0.15) is 18.0 Å². The fraction of sp³-hybridized carbons (Fsp3) is 0.333. The van der Waals surface area contributed by atoms with Gasteiger partial charge in [0.15, 0.2) is 0 Å². The van der Waals surface area contributed by atoms with Crippen molar-refractivity contribution in [2.75, 3.05) is 6.61 Å². The summed E-state index contributed by atoms with van der Waals surface area (Å²) in [4.78, 5) is 15.0. The Morgan fingerprint density at radius 1 is 1.57 bits per heavy atom. The van der Waals surface area contributed by atoms with E-state index in [1.165, 1.54) is 0 Å². The Bertz CT molecular complexity index is 356. The highest BCUT2D eigenvalue weighted by molar-refractivity contribution is 9.10. The van der Waals surface area contributed by atoms with Gasteiger partial charge in [0.1, 0.15) is 0 Å². The number of hydrogen-bond acceptors (Lipinski definition) is 3. The highest BCUT2D eigenvalue weighted by Crippen LogP contribution is 2.21. The summed E-state index contributed by atoms with van der Waals surface area (Å²) in [5.41, 5.74) is 0.996. The number of aromatic nitrogens is 1. The van der Waals surface area contributed by atoms with Crippen LogP contribution in [-0.2, 0) is 4.74 Å². The molecule has 74 valence electrons. The molecule has 0 radical (unpaired) electrons. The number of carbonyl (C=O) groups excluding carboxylic acids is 1. The third kappa shape index (κ3) is 2.04. The second kappa shape index (κ2) is 3.96. The SMILES string of the molecule is O=C1N[C@H](c2cncc(Br)c2)CCO1. The maximum Gasteiger partial charge on any atom is 0.407 e. The van der Waals surface area contributed by atoms with Crippen molar-refractivity contribution in [1.29, 1.82) is 0 Å². The van der Waals surface area contributed by atoms with E-state index in [-0.39, 0.29) is 12.1 Å². The lowest BCUT2D eigenvalue weighted by Gasteiger charge is -2.23. The molecule has 2 rings (SSSR count). The van der Waals surface area contributed by atoms with Crippen LogP contribution >= 0.6 is 15.9 Å². The minimum absolute atomic E-state index is 0.0150. The van der Waals surface area contributed by atoms with Gasteiger partial charge in [-0.2, -0.15) is 0 Å². The quantitative estimate of drug-likeness (QED) is 0.837.